The SMILES string of the molecule is O=C(O)C(O)(I)C(I)c1ccccc1. The standard InChI is InChI=1S/C9H8I2O3/c10-7(9(11,14)8(12)13)6-4-2-1-3-5-6/h1-5,7,14H,(H,12,13). The number of carboxylic acids is 1. The number of carbonyl (C=O) groups is 1. The van der Waals surface area contributed by atoms with Crippen molar-refractivity contribution in [2.45, 2.75) is 7.53 Å². The maximum atomic E-state index is 10.8. The molecule has 0 aliphatic carbocycles. The number of aliphatic carboxylic acids is 1. The maximum Gasteiger partial charge on any atom is 0.347 e. The monoisotopic (exact) mass is 418 g/mol. The van der Waals surface area contributed by atoms with E-state index >= 15 is 0 Å². The van der Waals surface area contributed by atoms with Gasteiger partial charge in [-0.3, -0.25) is 0 Å². The van der Waals surface area contributed by atoms with Crippen molar-refractivity contribution >= 4 is 51.2 Å². The Morgan fingerprint density at radius 2 is 1.86 bits per heavy atom. The van der Waals surface area contributed by atoms with Crippen LogP contribution in [0.5, 0.6) is 0 Å². The minimum Gasteiger partial charge on any atom is -0.478 e. The summed E-state index contributed by atoms with van der Waals surface area (Å²) in [7, 11) is 0. The number of carboxylic acid groups (broad SMARTS) is 1. The van der Waals surface area contributed by atoms with Gasteiger partial charge in [-0.25, -0.2) is 4.79 Å². The van der Waals surface area contributed by atoms with E-state index in [0.29, 0.717) is 0 Å². The van der Waals surface area contributed by atoms with Crippen molar-refractivity contribution in [2.75, 3.05) is 0 Å². The summed E-state index contributed by atoms with van der Waals surface area (Å²) >= 11 is 3.47. The number of rotatable bonds is 3. The number of halogens is 2. The Morgan fingerprint density at radius 3 is 2.29 bits per heavy atom. The molecular formula is C9H8I2O3. The van der Waals surface area contributed by atoms with Crippen LogP contribution in [0.4, 0.5) is 0 Å². The van der Waals surface area contributed by atoms with Crippen LogP contribution in [0.3, 0.4) is 0 Å². The molecule has 0 aliphatic heterocycles. The fourth-order valence-electron chi connectivity index (χ4n) is 0.951. The molecule has 1 aromatic rings. The van der Waals surface area contributed by atoms with Gasteiger partial charge in [0, 0.05) is 0 Å². The van der Waals surface area contributed by atoms with E-state index in [1.807, 2.05) is 40.8 Å². The number of alkyl halides is 2. The Labute approximate surface area is 109 Å². The van der Waals surface area contributed by atoms with Crippen LogP contribution in [0.15, 0.2) is 30.3 Å². The summed E-state index contributed by atoms with van der Waals surface area (Å²) in [5.74, 6) is -1.22. The summed E-state index contributed by atoms with van der Waals surface area (Å²) in [5.41, 5.74) is 0.799. The molecule has 14 heavy (non-hydrogen) atoms. The van der Waals surface area contributed by atoms with E-state index in [9.17, 15) is 9.90 Å². The molecule has 76 valence electrons. The van der Waals surface area contributed by atoms with Crippen LogP contribution in [-0.4, -0.2) is 19.8 Å². The van der Waals surface area contributed by atoms with E-state index in [1.165, 1.54) is 0 Å². The minimum atomic E-state index is -1.76. The molecule has 0 spiro atoms. The summed E-state index contributed by atoms with van der Waals surface area (Å²) < 4.78 is -2.24. The third-order valence-electron chi connectivity index (χ3n) is 1.73. The summed E-state index contributed by atoms with van der Waals surface area (Å²) in [6.45, 7) is 0. The Bertz CT molecular complexity index is 324. The molecule has 2 N–H and O–H groups in total. The van der Waals surface area contributed by atoms with Gasteiger partial charge >= 0.3 is 5.97 Å². The van der Waals surface area contributed by atoms with Gasteiger partial charge in [0.05, 0.1) is 3.92 Å². The molecule has 0 fully saturated rings. The number of hydrogen-bond acceptors (Lipinski definition) is 2. The number of hydrogen-bond donors (Lipinski definition) is 2. The predicted molar refractivity (Wildman–Crippen MR) is 69.8 cm³/mol. The smallest absolute Gasteiger partial charge is 0.347 e. The van der Waals surface area contributed by atoms with E-state index in [-0.39, 0.29) is 0 Å². The van der Waals surface area contributed by atoms with Gasteiger partial charge in [0.25, 0.3) is 0 Å². The number of aliphatic hydroxyl groups is 1. The molecule has 1 aromatic carbocycles. The average Bonchev–Trinajstić information content (AvgIpc) is 2.17. The topological polar surface area (TPSA) is 57.5 Å². The molecule has 0 saturated heterocycles. The third-order valence-corrected chi connectivity index (χ3v) is 5.62. The van der Waals surface area contributed by atoms with E-state index in [4.69, 9.17) is 5.11 Å². The predicted octanol–water partition coefficient (Wildman–Crippen LogP) is 2.37. The third kappa shape index (κ3) is 2.57. The first-order valence-corrected chi connectivity index (χ1v) is 6.12. The molecular weight excluding hydrogens is 410 g/mol. The first-order chi connectivity index (χ1) is 6.46. The van der Waals surface area contributed by atoms with Crippen molar-refractivity contribution in [3.63, 3.8) is 0 Å². The van der Waals surface area contributed by atoms with Crippen LogP contribution in [-0.2, 0) is 4.79 Å². The van der Waals surface area contributed by atoms with Gasteiger partial charge in [0.1, 0.15) is 0 Å². The molecule has 0 saturated carbocycles. The Kier molecular flexibility index (Phi) is 4.14. The first-order valence-electron chi connectivity index (χ1n) is 3.80. The molecule has 5 heteroatoms. The molecule has 0 aliphatic rings. The van der Waals surface area contributed by atoms with Crippen molar-refractivity contribution in [3.8, 4) is 0 Å². The normalized spacial score (nSPS) is 17.1. The molecule has 0 radical (unpaired) electrons. The lowest BCUT2D eigenvalue weighted by Crippen LogP contribution is -2.35. The Hall–Kier alpha value is 0.110. The van der Waals surface area contributed by atoms with Gasteiger partial charge in [-0.2, -0.15) is 0 Å². The molecule has 0 heterocycles. The molecule has 1 rings (SSSR count). The Balaban J connectivity index is 2.96. The zero-order valence-electron chi connectivity index (χ0n) is 7.02. The summed E-state index contributed by atoms with van der Waals surface area (Å²) in [4.78, 5) is 10.8. The lowest BCUT2D eigenvalue weighted by atomic mass is 10.1. The lowest BCUT2D eigenvalue weighted by molar-refractivity contribution is -0.147. The Morgan fingerprint density at radius 1 is 1.36 bits per heavy atom. The van der Waals surface area contributed by atoms with Gasteiger partial charge in [0.2, 0.25) is 3.61 Å². The second-order valence-corrected chi connectivity index (χ2v) is 5.64. The quantitative estimate of drug-likeness (QED) is 0.586. The van der Waals surface area contributed by atoms with Crippen molar-refractivity contribution in [1.82, 2.24) is 0 Å². The largest absolute Gasteiger partial charge is 0.478 e. The van der Waals surface area contributed by atoms with Crippen molar-refractivity contribution in [2.24, 2.45) is 0 Å². The molecule has 2 unspecified atom stereocenters. The number of benzene rings is 1. The second-order valence-electron chi connectivity index (χ2n) is 2.75. The van der Waals surface area contributed by atoms with Crippen LogP contribution < -0.4 is 0 Å². The van der Waals surface area contributed by atoms with E-state index in [0.717, 1.165) is 5.56 Å². The lowest BCUT2D eigenvalue weighted by Gasteiger charge is -2.22. The molecule has 0 bridgehead atoms. The van der Waals surface area contributed by atoms with Gasteiger partial charge in [-0.15, -0.1) is 0 Å². The van der Waals surface area contributed by atoms with Crippen LogP contribution in [0, 0.1) is 0 Å². The zero-order valence-corrected chi connectivity index (χ0v) is 11.3. The summed E-state index contributed by atoms with van der Waals surface area (Å²) in [6.07, 6.45) is 0. The molecule has 0 aromatic heterocycles. The van der Waals surface area contributed by atoms with Gasteiger partial charge < -0.3 is 10.2 Å². The molecule has 2 atom stereocenters. The van der Waals surface area contributed by atoms with Crippen molar-refractivity contribution in [3.05, 3.63) is 35.9 Å². The van der Waals surface area contributed by atoms with E-state index < -0.39 is 13.5 Å². The summed E-state index contributed by atoms with van der Waals surface area (Å²) in [6, 6.07) is 9.07. The van der Waals surface area contributed by atoms with Gasteiger partial charge in [-0.05, 0) is 28.2 Å². The van der Waals surface area contributed by atoms with Crippen LogP contribution >= 0.6 is 45.2 Å². The molecule has 3 nitrogen and oxygen atoms in total. The summed E-state index contributed by atoms with van der Waals surface area (Å²) in [5, 5.41) is 18.5. The first kappa shape index (κ1) is 12.2. The zero-order chi connectivity index (χ0) is 10.8. The highest BCUT2D eigenvalue weighted by molar-refractivity contribution is 14.1. The second kappa shape index (κ2) is 4.75. The fraction of sp³-hybridized carbons (Fsp3) is 0.222. The van der Waals surface area contributed by atoms with Crippen molar-refractivity contribution < 1.29 is 15.0 Å². The van der Waals surface area contributed by atoms with Gasteiger partial charge in [0.15, 0.2) is 0 Å². The van der Waals surface area contributed by atoms with Crippen LogP contribution in [0.1, 0.15) is 9.49 Å². The van der Waals surface area contributed by atoms with E-state index in [2.05, 4.69) is 0 Å². The fourth-order valence-corrected chi connectivity index (χ4v) is 1.99. The highest BCUT2D eigenvalue weighted by Gasteiger charge is 2.40. The maximum absolute atomic E-state index is 10.8. The van der Waals surface area contributed by atoms with Crippen LogP contribution in [0.25, 0.3) is 0 Å². The average molecular weight is 418 g/mol. The molecule has 0 amide bonds. The van der Waals surface area contributed by atoms with E-state index in [1.54, 1.807) is 34.7 Å². The van der Waals surface area contributed by atoms with Crippen molar-refractivity contribution in [1.29, 1.82) is 0 Å². The highest BCUT2D eigenvalue weighted by atomic mass is 127. The highest BCUT2D eigenvalue weighted by Crippen LogP contribution is 2.39. The minimum absolute atomic E-state index is 0.473. The van der Waals surface area contributed by atoms with Crippen LogP contribution in [0.2, 0.25) is 0 Å². The van der Waals surface area contributed by atoms with Gasteiger partial charge in [-0.1, -0.05) is 52.9 Å².